The predicted molar refractivity (Wildman–Crippen MR) is 104 cm³/mol. The number of carbonyl (C=O) groups excluding carboxylic acids is 2. The molecule has 2 rings (SSSR count). The standard InChI is InChI=1S/C19H18Cl2N2O4/c1-3-10-26-16-7-5-4-6-14(16)19(25)23-22-18(24)12(2)27-17-9-8-13(20)11-15(17)21/h3-9,11-12H,1,10H2,2H3,(H,22,24)(H,23,25). The summed E-state index contributed by atoms with van der Waals surface area (Å²) in [5.74, 6) is -0.404. The largest absolute Gasteiger partial charge is 0.489 e. The molecule has 0 aliphatic carbocycles. The Morgan fingerprint density at radius 1 is 1.15 bits per heavy atom. The maximum Gasteiger partial charge on any atom is 0.279 e. The lowest BCUT2D eigenvalue weighted by Gasteiger charge is -2.16. The van der Waals surface area contributed by atoms with Crippen LogP contribution in [0.2, 0.25) is 10.0 Å². The predicted octanol–water partition coefficient (Wildman–Crippen LogP) is 3.79. The molecule has 0 fully saturated rings. The fraction of sp³-hybridized carbons (Fsp3) is 0.158. The molecule has 0 heterocycles. The Labute approximate surface area is 167 Å². The lowest BCUT2D eigenvalue weighted by Crippen LogP contribution is -2.47. The van der Waals surface area contributed by atoms with Gasteiger partial charge in [0.05, 0.1) is 10.6 Å². The molecule has 0 saturated carbocycles. The van der Waals surface area contributed by atoms with Gasteiger partial charge < -0.3 is 9.47 Å². The minimum atomic E-state index is -0.906. The van der Waals surface area contributed by atoms with Gasteiger partial charge in [-0.3, -0.25) is 20.4 Å². The highest BCUT2D eigenvalue weighted by Crippen LogP contribution is 2.28. The number of nitrogens with one attached hydrogen (secondary N) is 2. The van der Waals surface area contributed by atoms with Crippen LogP contribution in [0.25, 0.3) is 0 Å². The molecule has 0 aliphatic heterocycles. The Morgan fingerprint density at radius 3 is 2.59 bits per heavy atom. The van der Waals surface area contributed by atoms with E-state index in [2.05, 4.69) is 17.4 Å². The summed E-state index contributed by atoms with van der Waals surface area (Å²) in [7, 11) is 0. The van der Waals surface area contributed by atoms with Crippen molar-refractivity contribution >= 4 is 35.0 Å². The van der Waals surface area contributed by atoms with E-state index >= 15 is 0 Å². The number of benzene rings is 2. The SMILES string of the molecule is C=CCOc1ccccc1C(=O)NNC(=O)C(C)Oc1ccc(Cl)cc1Cl. The molecule has 142 valence electrons. The maximum atomic E-state index is 12.3. The molecule has 2 N–H and O–H groups in total. The highest BCUT2D eigenvalue weighted by atomic mass is 35.5. The van der Waals surface area contributed by atoms with E-state index in [1.54, 1.807) is 42.5 Å². The first-order valence-corrected chi connectivity index (χ1v) is 8.72. The highest BCUT2D eigenvalue weighted by molar-refractivity contribution is 6.35. The number of hydrazine groups is 1. The minimum absolute atomic E-state index is 0.253. The summed E-state index contributed by atoms with van der Waals surface area (Å²) >= 11 is 11.8. The molecule has 0 bridgehead atoms. The fourth-order valence-corrected chi connectivity index (χ4v) is 2.48. The van der Waals surface area contributed by atoms with Gasteiger partial charge in [0.1, 0.15) is 18.1 Å². The van der Waals surface area contributed by atoms with Gasteiger partial charge in [0.2, 0.25) is 0 Å². The third-order valence-corrected chi connectivity index (χ3v) is 3.88. The second-order valence-corrected chi connectivity index (χ2v) is 6.22. The van der Waals surface area contributed by atoms with Crippen LogP contribution < -0.4 is 20.3 Å². The van der Waals surface area contributed by atoms with Gasteiger partial charge in [-0.2, -0.15) is 0 Å². The van der Waals surface area contributed by atoms with Crippen LogP contribution in [0.1, 0.15) is 17.3 Å². The smallest absolute Gasteiger partial charge is 0.279 e. The summed E-state index contributed by atoms with van der Waals surface area (Å²) in [6.45, 7) is 5.34. The third-order valence-electron chi connectivity index (χ3n) is 3.35. The monoisotopic (exact) mass is 408 g/mol. The van der Waals surface area contributed by atoms with Crippen LogP contribution in [-0.2, 0) is 4.79 Å². The molecular formula is C19H18Cl2N2O4. The fourth-order valence-electron chi connectivity index (χ4n) is 2.03. The summed E-state index contributed by atoms with van der Waals surface area (Å²) in [6, 6.07) is 11.3. The van der Waals surface area contributed by atoms with E-state index in [0.717, 1.165) is 0 Å². The summed E-state index contributed by atoms with van der Waals surface area (Å²) < 4.78 is 10.9. The van der Waals surface area contributed by atoms with Crippen molar-refractivity contribution in [2.75, 3.05) is 6.61 Å². The number of carbonyl (C=O) groups is 2. The summed E-state index contributed by atoms with van der Waals surface area (Å²) in [6.07, 6.45) is 0.661. The Kier molecular flexibility index (Phi) is 7.52. The van der Waals surface area contributed by atoms with Gasteiger partial charge in [-0.05, 0) is 37.3 Å². The van der Waals surface area contributed by atoms with E-state index < -0.39 is 17.9 Å². The van der Waals surface area contributed by atoms with Crippen LogP contribution in [0.3, 0.4) is 0 Å². The van der Waals surface area contributed by atoms with Gasteiger partial charge in [-0.25, -0.2) is 0 Å². The highest BCUT2D eigenvalue weighted by Gasteiger charge is 2.18. The van der Waals surface area contributed by atoms with Gasteiger partial charge in [0.15, 0.2) is 6.10 Å². The van der Waals surface area contributed by atoms with Gasteiger partial charge >= 0.3 is 0 Å². The minimum Gasteiger partial charge on any atom is -0.489 e. The van der Waals surface area contributed by atoms with Crippen molar-refractivity contribution in [3.05, 3.63) is 70.7 Å². The summed E-state index contributed by atoms with van der Waals surface area (Å²) in [4.78, 5) is 24.5. The first kappa shape index (κ1) is 20.6. The number of hydrogen-bond donors (Lipinski definition) is 2. The van der Waals surface area contributed by atoms with E-state index in [4.69, 9.17) is 32.7 Å². The molecule has 0 aliphatic rings. The molecule has 8 heteroatoms. The third kappa shape index (κ3) is 5.91. The second-order valence-electron chi connectivity index (χ2n) is 5.37. The lowest BCUT2D eigenvalue weighted by atomic mass is 10.2. The Morgan fingerprint density at radius 2 is 1.89 bits per heavy atom. The molecule has 6 nitrogen and oxygen atoms in total. The molecule has 0 saturated heterocycles. The van der Waals surface area contributed by atoms with Crippen molar-refractivity contribution in [3.63, 3.8) is 0 Å². The molecular weight excluding hydrogens is 391 g/mol. The number of amides is 2. The molecule has 2 aromatic carbocycles. The normalized spacial score (nSPS) is 11.2. The van der Waals surface area contributed by atoms with Crippen LogP contribution in [0.4, 0.5) is 0 Å². The quantitative estimate of drug-likeness (QED) is 0.539. The molecule has 1 atom stereocenters. The van der Waals surface area contributed by atoms with Crippen LogP contribution in [0.5, 0.6) is 11.5 Å². The van der Waals surface area contributed by atoms with Crippen LogP contribution in [0.15, 0.2) is 55.1 Å². The van der Waals surface area contributed by atoms with Gasteiger partial charge in [-0.15, -0.1) is 0 Å². The van der Waals surface area contributed by atoms with Gasteiger partial charge in [-0.1, -0.05) is 48.0 Å². The lowest BCUT2D eigenvalue weighted by molar-refractivity contribution is -0.128. The Balaban J connectivity index is 1.94. The van der Waals surface area contributed by atoms with Crippen molar-refractivity contribution in [1.82, 2.24) is 10.9 Å². The molecule has 0 aromatic heterocycles. The zero-order valence-electron chi connectivity index (χ0n) is 14.5. The maximum absolute atomic E-state index is 12.3. The molecule has 27 heavy (non-hydrogen) atoms. The molecule has 0 radical (unpaired) electrons. The van der Waals surface area contributed by atoms with Crippen molar-refractivity contribution in [2.24, 2.45) is 0 Å². The van der Waals surface area contributed by atoms with E-state index in [1.165, 1.54) is 13.0 Å². The number of halogens is 2. The van der Waals surface area contributed by atoms with Crippen LogP contribution in [0, 0.1) is 0 Å². The van der Waals surface area contributed by atoms with Crippen LogP contribution in [-0.4, -0.2) is 24.5 Å². The summed E-state index contributed by atoms with van der Waals surface area (Å²) in [5, 5.41) is 0.730. The van der Waals surface area contributed by atoms with Crippen LogP contribution >= 0.6 is 23.2 Å². The van der Waals surface area contributed by atoms with Crippen molar-refractivity contribution in [1.29, 1.82) is 0 Å². The number of rotatable bonds is 7. The zero-order valence-corrected chi connectivity index (χ0v) is 16.0. The van der Waals surface area contributed by atoms with Crippen molar-refractivity contribution < 1.29 is 19.1 Å². The summed E-state index contributed by atoms with van der Waals surface area (Å²) in [5.41, 5.74) is 4.91. The second kappa shape index (κ2) is 9.85. The molecule has 2 amide bonds. The average Bonchev–Trinajstić information content (AvgIpc) is 2.66. The van der Waals surface area contributed by atoms with Gasteiger partial charge in [0.25, 0.3) is 11.8 Å². The first-order valence-electron chi connectivity index (χ1n) is 7.97. The zero-order chi connectivity index (χ0) is 19.8. The average molecular weight is 409 g/mol. The first-order chi connectivity index (χ1) is 12.9. The topological polar surface area (TPSA) is 76.7 Å². The van der Waals surface area contributed by atoms with E-state index in [1.807, 2.05) is 0 Å². The molecule has 2 aromatic rings. The van der Waals surface area contributed by atoms with Gasteiger partial charge in [0, 0.05) is 5.02 Å². The van der Waals surface area contributed by atoms with E-state index in [0.29, 0.717) is 16.5 Å². The van der Waals surface area contributed by atoms with E-state index in [-0.39, 0.29) is 17.2 Å². The van der Waals surface area contributed by atoms with Crippen molar-refractivity contribution in [2.45, 2.75) is 13.0 Å². The van der Waals surface area contributed by atoms with Crippen molar-refractivity contribution in [3.8, 4) is 11.5 Å². The number of ether oxygens (including phenoxy) is 2. The molecule has 0 spiro atoms. The Bertz CT molecular complexity index is 842. The number of hydrogen-bond acceptors (Lipinski definition) is 4. The van der Waals surface area contributed by atoms with E-state index in [9.17, 15) is 9.59 Å². The number of para-hydroxylation sites is 1. The molecule has 1 unspecified atom stereocenters. The Hall–Kier alpha value is -2.70.